The van der Waals surface area contributed by atoms with Gasteiger partial charge in [-0.1, -0.05) is 13.8 Å². The van der Waals surface area contributed by atoms with Crippen molar-refractivity contribution in [3.8, 4) is 5.88 Å². The topological polar surface area (TPSA) is 48.3 Å². The molecule has 0 aromatic carbocycles. The van der Waals surface area contributed by atoms with Crippen LogP contribution in [0.2, 0.25) is 0 Å². The summed E-state index contributed by atoms with van der Waals surface area (Å²) in [6.07, 6.45) is 2.72. The average molecular weight is 281 g/mol. The second-order valence-electron chi connectivity index (χ2n) is 6.07. The number of rotatable bonds is 7. The summed E-state index contributed by atoms with van der Waals surface area (Å²) in [5, 5.41) is 7.72. The van der Waals surface area contributed by atoms with Crippen molar-refractivity contribution in [2.45, 2.75) is 45.8 Å². The second-order valence-corrected chi connectivity index (χ2v) is 6.07. The molecule has 1 saturated heterocycles. The first-order valence-corrected chi connectivity index (χ1v) is 7.54. The Bertz CT molecular complexity index is 417. The maximum atomic E-state index is 5.99. The lowest BCUT2D eigenvalue weighted by Gasteiger charge is -2.15. The molecule has 5 nitrogen and oxygen atoms in total. The van der Waals surface area contributed by atoms with Crippen molar-refractivity contribution in [2.75, 3.05) is 19.7 Å². The predicted molar refractivity (Wildman–Crippen MR) is 79.0 cm³/mol. The number of hydrogen-bond donors (Lipinski definition) is 1. The van der Waals surface area contributed by atoms with Crippen LogP contribution in [-0.4, -0.2) is 41.7 Å². The molecule has 1 aliphatic heterocycles. The zero-order chi connectivity index (χ0) is 14.5. The molecule has 0 aliphatic carbocycles. The Morgan fingerprint density at radius 1 is 1.45 bits per heavy atom. The molecule has 2 rings (SSSR count). The van der Waals surface area contributed by atoms with Crippen molar-refractivity contribution < 1.29 is 9.47 Å². The number of nitrogens with one attached hydrogen (secondary N) is 1. The summed E-state index contributed by atoms with van der Waals surface area (Å²) in [6, 6.07) is 1.95. The summed E-state index contributed by atoms with van der Waals surface area (Å²) in [5.74, 6) is 1.50. The molecule has 1 fully saturated rings. The molecule has 20 heavy (non-hydrogen) atoms. The van der Waals surface area contributed by atoms with Crippen molar-refractivity contribution in [1.29, 1.82) is 0 Å². The maximum absolute atomic E-state index is 5.99. The Balaban J connectivity index is 1.67. The first kappa shape index (κ1) is 15.3. The first-order valence-electron chi connectivity index (χ1n) is 7.54. The molecule has 2 unspecified atom stereocenters. The molecule has 0 amide bonds. The summed E-state index contributed by atoms with van der Waals surface area (Å²) >= 11 is 0. The highest BCUT2D eigenvalue weighted by Gasteiger charge is 2.25. The molecule has 1 aromatic heterocycles. The minimum Gasteiger partial charge on any atom is -0.475 e. The summed E-state index contributed by atoms with van der Waals surface area (Å²) in [4.78, 5) is 0. The normalized spacial score (nSPS) is 22.6. The predicted octanol–water partition coefficient (Wildman–Crippen LogP) is 1.90. The fourth-order valence-corrected chi connectivity index (χ4v) is 2.49. The SMILES string of the molecule is Cc1cc(OCC2CCC(CNCC(C)C)O2)n(C)n1. The van der Waals surface area contributed by atoms with Gasteiger partial charge in [0.2, 0.25) is 5.88 Å². The van der Waals surface area contributed by atoms with Gasteiger partial charge in [0.05, 0.1) is 17.9 Å². The van der Waals surface area contributed by atoms with Crippen LogP contribution in [0.4, 0.5) is 0 Å². The van der Waals surface area contributed by atoms with Gasteiger partial charge in [0, 0.05) is 19.7 Å². The van der Waals surface area contributed by atoms with E-state index in [9.17, 15) is 0 Å². The molecule has 2 heterocycles. The van der Waals surface area contributed by atoms with Crippen LogP contribution in [0.25, 0.3) is 0 Å². The third-order valence-electron chi connectivity index (χ3n) is 3.50. The highest BCUT2D eigenvalue weighted by atomic mass is 16.5. The third kappa shape index (κ3) is 4.49. The second kappa shape index (κ2) is 7.09. The van der Waals surface area contributed by atoms with Crippen LogP contribution >= 0.6 is 0 Å². The number of nitrogens with zero attached hydrogens (tertiary/aromatic N) is 2. The maximum Gasteiger partial charge on any atom is 0.211 e. The standard InChI is InChI=1S/C15H27N3O2/c1-11(2)8-16-9-13-5-6-14(20-13)10-19-15-7-12(3)17-18(15)4/h7,11,13-14,16H,5-6,8-10H2,1-4H3. The molecule has 114 valence electrons. The lowest BCUT2D eigenvalue weighted by atomic mass is 10.2. The zero-order valence-electron chi connectivity index (χ0n) is 13.1. The minimum atomic E-state index is 0.205. The first-order chi connectivity index (χ1) is 9.54. The highest BCUT2D eigenvalue weighted by molar-refractivity contribution is 5.14. The molecular weight excluding hydrogens is 254 g/mol. The van der Waals surface area contributed by atoms with Crippen molar-refractivity contribution >= 4 is 0 Å². The van der Waals surface area contributed by atoms with Gasteiger partial charge in [-0.15, -0.1) is 0 Å². The quantitative estimate of drug-likeness (QED) is 0.829. The zero-order valence-corrected chi connectivity index (χ0v) is 13.1. The van der Waals surface area contributed by atoms with E-state index in [2.05, 4.69) is 24.3 Å². The van der Waals surface area contributed by atoms with Crippen LogP contribution in [0.15, 0.2) is 6.07 Å². The summed E-state index contributed by atoms with van der Waals surface area (Å²) < 4.78 is 13.6. The molecule has 0 bridgehead atoms. The Morgan fingerprint density at radius 3 is 2.85 bits per heavy atom. The van der Waals surface area contributed by atoms with Gasteiger partial charge in [-0.3, -0.25) is 0 Å². The van der Waals surface area contributed by atoms with E-state index in [-0.39, 0.29) is 6.10 Å². The van der Waals surface area contributed by atoms with E-state index in [1.165, 1.54) is 0 Å². The number of aromatic nitrogens is 2. The van der Waals surface area contributed by atoms with E-state index < -0.39 is 0 Å². The molecule has 0 spiro atoms. The Morgan fingerprint density at radius 2 is 2.20 bits per heavy atom. The van der Waals surface area contributed by atoms with E-state index in [0.29, 0.717) is 18.6 Å². The van der Waals surface area contributed by atoms with Gasteiger partial charge < -0.3 is 14.8 Å². The van der Waals surface area contributed by atoms with Gasteiger partial charge in [0.15, 0.2) is 0 Å². The van der Waals surface area contributed by atoms with Crippen LogP contribution < -0.4 is 10.1 Å². The molecule has 1 aromatic rings. The van der Waals surface area contributed by atoms with E-state index in [1.807, 2.05) is 20.0 Å². The van der Waals surface area contributed by atoms with Crippen LogP contribution in [0.1, 0.15) is 32.4 Å². The summed E-state index contributed by atoms with van der Waals surface area (Å²) in [5.41, 5.74) is 0.977. The van der Waals surface area contributed by atoms with Crippen LogP contribution in [0.3, 0.4) is 0 Å². The molecule has 1 aliphatic rings. The van der Waals surface area contributed by atoms with Gasteiger partial charge >= 0.3 is 0 Å². The van der Waals surface area contributed by atoms with E-state index >= 15 is 0 Å². The van der Waals surface area contributed by atoms with Gasteiger partial charge in [0.25, 0.3) is 0 Å². The fourth-order valence-electron chi connectivity index (χ4n) is 2.49. The number of ether oxygens (including phenoxy) is 2. The van der Waals surface area contributed by atoms with Gasteiger partial charge in [-0.05, 0) is 32.2 Å². The Kier molecular flexibility index (Phi) is 5.43. The van der Waals surface area contributed by atoms with E-state index in [4.69, 9.17) is 9.47 Å². The Hall–Kier alpha value is -1.07. The van der Waals surface area contributed by atoms with E-state index in [1.54, 1.807) is 4.68 Å². The largest absolute Gasteiger partial charge is 0.475 e. The van der Waals surface area contributed by atoms with Crippen molar-refractivity contribution in [3.63, 3.8) is 0 Å². The Labute approximate surface area is 121 Å². The van der Waals surface area contributed by atoms with E-state index in [0.717, 1.165) is 37.5 Å². The summed E-state index contributed by atoms with van der Waals surface area (Å²) in [6.45, 7) is 9.01. The minimum absolute atomic E-state index is 0.205. The van der Waals surface area contributed by atoms with Crippen molar-refractivity contribution in [2.24, 2.45) is 13.0 Å². The monoisotopic (exact) mass is 281 g/mol. The van der Waals surface area contributed by atoms with Crippen LogP contribution in [-0.2, 0) is 11.8 Å². The number of hydrogen-bond acceptors (Lipinski definition) is 4. The average Bonchev–Trinajstić information content (AvgIpc) is 2.93. The fraction of sp³-hybridized carbons (Fsp3) is 0.800. The molecule has 0 radical (unpaired) electrons. The van der Waals surface area contributed by atoms with Gasteiger partial charge in [-0.2, -0.15) is 5.10 Å². The summed E-state index contributed by atoms with van der Waals surface area (Å²) in [7, 11) is 1.90. The molecule has 0 saturated carbocycles. The lowest BCUT2D eigenvalue weighted by Crippen LogP contribution is -2.30. The molecular formula is C15H27N3O2. The van der Waals surface area contributed by atoms with Crippen molar-refractivity contribution in [1.82, 2.24) is 15.1 Å². The lowest BCUT2D eigenvalue weighted by molar-refractivity contribution is 0.0166. The van der Waals surface area contributed by atoms with Gasteiger partial charge in [-0.25, -0.2) is 4.68 Å². The molecule has 5 heteroatoms. The van der Waals surface area contributed by atoms with Crippen LogP contribution in [0, 0.1) is 12.8 Å². The smallest absolute Gasteiger partial charge is 0.211 e. The highest BCUT2D eigenvalue weighted by Crippen LogP contribution is 2.21. The molecule has 2 atom stereocenters. The van der Waals surface area contributed by atoms with Crippen molar-refractivity contribution in [3.05, 3.63) is 11.8 Å². The van der Waals surface area contributed by atoms with Gasteiger partial charge in [0.1, 0.15) is 6.61 Å². The third-order valence-corrected chi connectivity index (χ3v) is 3.50. The number of aryl methyl sites for hydroxylation is 2. The van der Waals surface area contributed by atoms with Crippen LogP contribution in [0.5, 0.6) is 5.88 Å². The molecule has 1 N–H and O–H groups in total.